The molecule has 0 radical (unpaired) electrons. The Labute approximate surface area is 261 Å². The maximum atomic E-state index is 11.9. The van der Waals surface area contributed by atoms with Crippen molar-refractivity contribution in [3.8, 4) is 28.7 Å². The zero-order chi connectivity index (χ0) is 29.8. The number of nitrogens with zero attached hydrogens (tertiary/aromatic N) is 2. The second kappa shape index (κ2) is 12.6. The first-order valence-electron chi connectivity index (χ1n) is 14.3. The van der Waals surface area contributed by atoms with Crippen molar-refractivity contribution in [2.75, 3.05) is 19.3 Å². The molecule has 44 heavy (non-hydrogen) atoms. The molecule has 9 heteroatoms. The number of sulfonamides is 1. The summed E-state index contributed by atoms with van der Waals surface area (Å²) in [5, 5.41) is 19.3. The smallest absolute Gasteiger partial charge is 0.307 e. The minimum absolute atomic E-state index is 0. The Morgan fingerprint density at radius 2 is 1.66 bits per heavy atom. The lowest BCUT2D eigenvalue weighted by molar-refractivity contribution is -0.138. The van der Waals surface area contributed by atoms with Gasteiger partial charge in [-0.05, 0) is 109 Å². The molecule has 0 amide bonds. The van der Waals surface area contributed by atoms with Crippen LogP contribution in [0.5, 0.6) is 11.5 Å². The van der Waals surface area contributed by atoms with Crippen LogP contribution in [-0.2, 0) is 21.2 Å². The number of fused-ring (bicyclic) bond motifs is 1. The normalized spacial score (nSPS) is 22.2. The Bertz CT molecular complexity index is 1690. The number of rotatable bonds is 8. The maximum Gasteiger partial charge on any atom is 0.307 e. The number of benzene rings is 3. The lowest BCUT2D eigenvalue weighted by atomic mass is 9.87. The Kier molecular flexibility index (Phi) is 9.48. The molecule has 4 atom stereocenters. The standard InChI is InChI=1S/C33H34N2O6S.2CH4/c1-19-14-25(40-24-12-13-35(18-24)42(3,38)39)15-20(2)31(19)32-22(17-34)6-9-26-27(32)10-11-30(26)41-23-7-4-21(5-8-23)28-16-29(28)33(36)37;;/h4-9,14-15,24,28-30H,10-13,16,18H2,1-3H3,(H,36,37);2*1H4/t24-,28-,29+,30-;;/m1../s1. The molecular weight excluding hydrogens is 576 g/mol. The zero-order valence-electron chi connectivity index (χ0n) is 24.0. The van der Waals surface area contributed by atoms with Crippen molar-refractivity contribution in [2.24, 2.45) is 5.92 Å². The first-order chi connectivity index (χ1) is 20.0. The summed E-state index contributed by atoms with van der Waals surface area (Å²) in [4.78, 5) is 11.2. The molecular formula is C35H42N2O6S. The van der Waals surface area contributed by atoms with Crippen molar-refractivity contribution >= 4 is 16.0 Å². The van der Waals surface area contributed by atoms with E-state index < -0.39 is 16.0 Å². The number of nitriles is 1. The molecule has 1 heterocycles. The van der Waals surface area contributed by atoms with Crippen molar-refractivity contribution in [3.05, 3.63) is 81.9 Å². The molecule has 1 N–H and O–H groups in total. The summed E-state index contributed by atoms with van der Waals surface area (Å²) in [5.41, 5.74) is 7.79. The molecule has 0 aromatic heterocycles. The molecule has 3 aromatic rings. The van der Waals surface area contributed by atoms with E-state index in [2.05, 4.69) is 6.07 Å². The summed E-state index contributed by atoms with van der Waals surface area (Å²) in [5.74, 6) is 0.500. The van der Waals surface area contributed by atoms with Gasteiger partial charge in [-0.25, -0.2) is 8.42 Å². The van der Waals surface area contributed by atoms with Gasteiger partial charge >= 0.3 is 5.97 Å². The third-order valence-electron chi connectivity index (χ3n) is 8.80. The summed E-state index contributed by atoms with van der Waals surface area (Å²) < 4.78 is 37.9. The molecule has 1 saturated carbocycles. The summed E-state index contributed by atoms with van der Waals surface area (Å²) in [6.45, 7) is 4.84. The second-order valence-corrected chi connectivity index (χ2v) is 13.7. The number of ether oxygens (including phenoxy) is 2. The highest BCUT2D eigenvalue weighted by molar-refractivity contribution is 7.88. The fraction of sp³-hybridized carbons (Fsp3) is 0.429. The first kappa shape index (κ1) is 33.0. The number of hydrogen-bond donors (Lipinski definition) is 1. The van der Waals surface area contributed by atoms with Gasteiger partial charge in [0.15, 0.2) is 0 Å². The van der Waals surface area contributed by atoms with Crippen LogP contribution >= 0.6 is 0 Å². The lowest BCUT2D eigenvalue weighted by Crippen LogP contribution is -2.29. The van der Waals surface area contributed by atoms with Gasteiger partial charge in [-0.1, -0.05) is 33.1 Å². The lowest BCUT2D eigenvalue weighted by Gasteiger charge is -2.20. The van der Waals surface area contributed by atoms with Crippen molar-refractivity contribution in [2.45, 2.75) is 72.5 Å². The molecule has 2 fully saturated rings. The number of carboxylic acids is 1. The highest BCUT2D eigenvalue weighted by Gasteiger charge is 2.44. The summed E-state index contributed by atoms with van der Waals surface area (Å²) >= 11 is 0. The third kappa shape index (κ3) is 6.33. The van der Waals surface area contributed by atoms with Gasteiger partial charge in [0.2, 0.25) is 10.0 Å². The van der Waals surface area contributed by atoms with E-state index in [-0.39, 0.29) is 38.9 Å². The minimum Gasteiger partial charge on any atom is -0.489 e. The average Bonchev–Trinajstić information content (AvgIpc) is 3.43. The van der Waals surface area contributed by atoms with E-state index >= 15 is 0 Å². The maximum absolute atomic E-state index is 11.9. The Balaban J connectivity index is 0.00000221. The predicted octanol–water partition coefficient (Wildman–Crippen LogP) is 6.78. The van der Waals surface area contributed by atoms with Gasteiger partial charge < -0.3 is 14.6 Å². The summed E-state index contributed by atoms with van der Waals surface area (Å²) in [7, 11) is -3.24. The molecule has 6 rings (SSSR count). The van der Waals surface area contributed by atoms with Gasteiger partial charge in [-0.15, -0.1) is 0 Å². The molecule has 3 aromatic carbocycles. The van der Waals surface area contributed by atoms with Gasteiger partial charge in [0.05, 0.1) is 30.4 Å². The van der Waals surface area contributed by atoms with Crippen molar-refractivity contribution < 1.29 is 27.8 Å². The van der Waals surface area contributed by atoms with E-state index in [0.29, 0.717) is 37.2 Å². The van der Waals surface area contributed by atoms with Gasteiger partial charge in [-0.2, -0.15) is 9.57 Å². The van der Waals surface area contributed by atoms with E-state index in [9.17, 15) is 23.6 Å². The molecule has 1 saturated heterocycles. The van der Waals surface area contributed by atoms with Crippen LogP contribution in [0, 0.1) is 31.1 Å². The van der Waals surface area contributed by atoms with E-state index in [0.717, 1.165) is 57.5 Å². The van der Waals surface area contributed by atoms with Crippen LogP contribution in [0.4, 0.5) is 0 Å². The molecule has 0 unspecified atom stereocenters. The van der Waals surface area contributed by atoms with Crippen LogP contribution in [-0.4, -0.2) is 49.2 Å². The second-order valence-electron chi connectivity index (χ2n) is 11.8. The minimum atomic E-state index is -3.24. The van der Waals surface area contributed by atoms with Crippen LogP contribution < -0.4 is 9.47 Å². The molecule has 8 nitrogen and oxygen atoms in total. The van der Waals surface area contributed by atoms with E-state index in [1.54, 1.807) is 0 Å². The average molecular weight is 619 g/mol. The molecule has 3 aliphatic rings. The van der Waals surface area contributed by atoms with Crippen LogP contribution in [0.3, 0.4) is 0 Å². The molecule has 234 valence electrons. The zero-order valence-corrected chi connectivity index (χ0v) is 24.8. The van der Waals surface area contributed by atoms with Gasteiger partial charge in [-0.3, -0.25) is 4.79 Å². The fourth-order valence-corrected chi connectivity index (χ4v) is 7.51. The number of aryl methyl sites for hydroxylation is 2. The largest absolute Gasteiger partial charge is 0.489 e. The molecule has 0 bridgehead atoms. The summed E-state index contributed by atoms with van der Waals surface area (Å²) in [6, 6.07) is 18.0. The van der Waals surface area contributed by atoms with Crippen molar-refractivity contribution in [1.82, 2.24) is 4.31 Å². The van der Waals surface area contributed by atoms with Crippen molar-refractivity contribution in [1.29, 1.82) is 5.26 Å². The highest BCUT2D eigenvalue weighted by Crippen LogP contribution is 2.48. The first-order valence-corrected chi connectivity index (χ1v) is 16.2. The third-order valence-corrected chi connectivity index (χ3v) is 10.1. The quantitative estimate of drug-likeness (QED) is 0.296. The number of hydrogen-bond acceptors (Lipinski definition) is 6. The van der Waals surface area contributed by atoms with Crippen molar-refractivity contribution in [3.63, 3.8) is 0 Å². The fourth-order valence-electron chi connectivity index (χ4n) is 6.63. The number of carbonyl (C=O) groups is 1. The number of carboxylic acid groups (broad SMARTS) is 1. The topological polar surface area (TPSA) is 117 Å². The van der Waals surface area contributed by atoms with Crippen LogP contribution in [0.1, 0.15) is 79.5 Å². The monoisotopic (exact) mass is 618 g/mol. The molecule has 1 aliphatic heterocycles. The Hall–Kier alpha value is -3.87. The molecule has 2 aliphatic carbocycles. The number of aliphatic carboxylic acids is 1. The van der Waals surface area contributed by atoms with Crippen LogP contribution in [0.25, 0.3) is 11.1 Å². The highest BCUT2D eigenvalue weighted by atomic mass is 32.2. The molecule has 0 spiro atoms. The van der Waals surface area contributed by atoms with E-state index in [1.165, 1.54) is 10.6 Å². The Morgan fingerprint density at radius 3 is 2.23 bits per heavy atom. The van der Waals surface area contributed by atoms with E-state index in [1.807, 2.05) is 62.4 Å². The Morgan fingerprint density at radius 1 is 0.977 bits per heavy atom. The van der Waals surface area contributed by atoms with Gasteiger partial charge in [0, 0.05) is 12.1 Å². The van der Waals surface area contributed by atoms with Crippen LogP contribution in [0.2, 0.25) is 0 Å². The van der Waals surface area contributed by atoms with Crippen LogP contribution in [0.15, 0.2) is 48.5 Å². The summed E-state index contributed by atoms with van der Waals surface area (Å²) in [6.07, 6.45) is 3.78. The van der Waals surface area contributed by atoms with Gasteiger partial charge in [0.1, 0.15) is 23.7 Å². The predicted molar refractivity (Wildman–Crippen MR) is 172 cm³/mol. The van der Waals surface area contributed by atoms with E-state index in [4.69, 9.17) is 9.47 Å². The van der Waals surface area contributed by atoms with Gasteiger partial charge in [0.25, 0.3) is 0 Å². The SMILES string of the molecule is C.C.Cc1cc(O[C@@H]2CCN(S(C)(=O)=O)C2)cc(C)c1-c1c(C#N)ccc2c1CC[C@H]2Oc1ccc([C@H]2C[C@@H]2C(=O)O)cc1.